The maximum absolute atomic E-state index is 12.7. The van der Waals surface area contributed by atoms with Crippen LogP contribution in [-0.4, -0.2) is 30.0 Å². The zero-order valence-corrected chi connectivity index (χ0v) is 10.0. The minimum Gasteiger partial charge on any atom is -0.423 e. The standard InChI is InChI=1S/C12H12BF2NO3/c14-12(15)4-9(5-12)16-11(17)7-1-2-8-6-19-13(18)10(8)3-7/h1-3,9,18H,4-6H2,(H,16,17). The Bertz CT molecular complexity index is 530. The highest BCUT2D eigenvalue weighted by molar-refractivity contribution is 6.61. The molecule has 19 heavy (non-hydrogen) atoms. The van der Waals surface area contributed by atoms with Crippen LogP contribution in [-0.2, 0) is 11.3 Å². The maximum Gasteiger partial charge on any atom is 0.491 e. The zero-order chi connectivity index (χ0) is 13.6. The average Bonchev–Trinajstić information content (AvgIpc) is 2.68. The van der Waals surface area contributed by atoms with Crippen LogP contribution in [0.1, 0.15) is 28.8 Å². The second-order valence-electron chi connectivity index (χ2n) is 5.01. The normalized spacial score (nSPS) is 20.9. The number of amides is 1. The SMILES string of the molecule is O=C(NC1CC(F)(F)C1)c1ccc2c(c1)B(O)OC2. The smallest absolute Gasteiger partial charge is 0.423 e. The van der Waals surface area contributed by atoms with Crippen molar-refractivity contribution in [2.75, 3.05) is 0 Å². The van der Waals surface area contributed by atoms with Gasteiger partial charge in [0.25, 0.3) is 11.8 Å². The van der Waals surface area contributed by atoms with E-state index in [0.717, 1.165) is 5.56 Å². The molecule has 100 valence electrons. The van der Waals surface area contributed by atoms with E-state index in [9.17, 15) is 18.6 Å². The molecule has 0 unspecified atom stereocenters. The molecule has 1 amide bonds. The van der Waals surface area contributed by atoms with E-state index in [0.29, 0.717) is 17.6 Å². The number of benzene rings is 1. The fourth-order valence-corrected chi connectivity index (χ4v) is 2.39. The lowest BCUT2D eigenvalue weighted by molar-refractivity contribution is -0.0901. The Hall–Kier alpha value is -1.47. The minimum atomic E-state index is -2.65. The van der Waals surface area contributed by atoms with Gasteiger partial charge in [-0.2, -0.15) is 0 Å². The molecule has 1 heterocycles. The number of alkyl halides is 2. The topological polar surface area (TPSA) is 58.6 Å². The largest absolute Gasteiger partial charge is 0.491 e. The van der Waals surface area contributed by atoms with Crippen LogP contribution in [0.3, 0.4) is 0 Å². The van der Waals surface area contributed by atoms with Gasteiger partial charge in [-0.1, -0.05) is 6.07 Å². The third-order valence-corrected chi connectivity index (χ3v) is 3.50. The van der Waals surface area contributed by atoms with Gasteiger partial charge in [-0.15, -0.1) is 0 Å². The summed E-state index contributed by atoms with van der Waals surface area (Å²) in [6.07, 6.45) is -0.620. The number of nitrogens with one attached hydrogen (secondary N) is 1. The highest BCUT2D eigenvalue weighted by Gasteiger charge is 2.46. The van der Waals surface area contributed by atoms with Crippen molar-refractivity contribution in [1.29, 1.82) is 0 Å². The van der Waals surface area contributed by atoms with Crippen LogP contribution in [0, 0.1) is 0 Å². The van der Waals surface area contributed by atoms with Crippen LogP contribution in [0.15, 0.2) is 18.2 Å². The molecule has 2 aliphatic rings. The van der Waals surface area contributed by atoms with Crippen LogP contribution < -0.4 is 10.8 Å². The first-order valence-corrected chi connectivity index (χ1v) is 6.06. The molecule has 4 nitrogen and oxygen atoms in total. The van der Waals surface area contributed by atoms with E-state index in [2.05, 4.69) is 5.32 Å². The summed E-state index contributed by atoms with van der Waals surface area (Å²) >= 11 is 0. The van der Waals surface area contributed by atoms with Crippen molar-refractivity contribution in [2.45, 2.75) is 31.4 Å². The predicted molar refractivity (Wildman–Crippen MR) is 64.3 cm³/mol. The van der Waals surface area contributed by atoms with E-state index >= 15 is 0 Å². The molecule has 3 rings (SSSR count). The first-order chi connectivity index (χ1) is 8.94. The molecule has 7 heteroatoms. The average molecular weight is 267 g/mol. The molecule has 2 N–H and O–H groups in total. The number of fused-ring (bicyclic) bond motifs is 1. The van der Waals surface area contributed by atoms with Crippen molar-refractivity contribution in [3.05, 3.63) is 29.3 Å². The molecule has 0 spiro atoms. The molecular formula is C12H12BF2NO3. The number of carbonyl (C=O) groups excluding carboxylic acids is 1. The Morgan fingerprint density at radius 2 is 2.21 bits per heavy atom. The molecule has 1 saturated carbocycles. The fourth-order valence-electron chi connectivity index (χ4n) is 2.39. The molecule has 0 radical (unpaired) electrons. The van der Waals surface area contributed by atoms with E-state index in [4.69, 9.17) is 4.65 Å². The van der Waals surface area contributed by atoms with Gasteiger partial charge in [-0.05, 0) is 23.2 Å². The van der Waals surface area contributed by atoms with Gasteiger partial charge in [-0.3, -0.25) is 4.79 Å². The van der Waals surface area contributed by atoms with Gasteiger partial charge < -0.3 is 15.0 Å². The van der Waals surface area contributed by atoms with Crippen molar-refractivity contribution in [3.8, 4) is 0 Å². The van der Waals surface area contributed by atoms with E-state index in [1.807, 2.05) is 0 Å². The van der Waals surface area contributed by atoms with Crippen LogP contribution in [0.25, 0.3) is 0 Å². The molecule has 1 aromatic rings. The summed E-state index contributed by atoms with van der Waals surface area (Å²) in [5.41, 5.74) is 1.74. The molecular weight excluding hydrogens is 255 g/mol. The van der Waals surface area contributed by atoms with Gasteiger partial charge >= 0.3 is 7.12 Å². The van der Waals surface area contributed by atoms with E-state index in [-0.39, 0.29) is 12.8 Å². The number of halogens is 2. The summed E-state index contributed by atoms with van der Waals surface area (Å²) in [5, 5.41) is 12.1. The number of hydrogen-bond acceptors (Lipinski definition) is 3. The monoisotopic (exact) mass is 267 g/mol. The molecule has 1 aromatic carbocycles. The fraction of sp³-hybridized carbons (Fsp3) is 0.417. The summed E-state index contributed by atoms with van der Waals surface area (Å²) in [5.74, 6) is -3.05. The van der Waals surface area contributed by atoms with Gasteiger partial charge in [-0.25, -0.2) is 8.78 Å². The summed E-state index contributed by atoms with van der Waals surface area (Å²) in [6.45, 7) is 0.313. The first-order valence-electron chi connectivity index (χ1n) is 6.06. The van der Waals surface area contributed by atoms with Crippen molar-refractivity contribution in [2.24, 2.45) is 0 Å². The van der Waals surface area contributed by atoms with E-state index < -0.39 is 25.0 Å². The summed E-state index contributed by atoms with van der Waals surface area (Å²) in [7, 11) is -1.02. The molecule has 1 fully saturated rings. The van der Waals surface area contributed by atoms with Gasteiger partial charge in [0, 0.05) is 24.4 Å². The number of rotatable bonds is 2. The lowest BCUT2D eigenvalue weighted by atomic mass is 9.78. The Morgan fingerprint density at radius 3 is 2.89 bits per heavy atom. The predicted octanol–water partition coefficient (Wildman–Crippen LogP) is 0.432. The van der Waals surface area contributed by atoms with Crippen LogP contribution in [0.2, 0.25) is 0 Å². The quantitative estimate of drug-likeness (QED) is 0.764. The van der Waals surface area contributed by atoms with Crippen LogP contribution >= 0.6 is 0 Å². The Morgan fingerprint density at radius 1 is 1.47 bits per heavy atom. The first kappa shape index (κ1) is 12.6. The van der Waals surface area contributed by atoms with Gasteiger partial charge in [0.2, 0.25) is 0 Å². The summed E-state index contributed by atoms with van der Waals surface area (Å²) in [4.78, 5) is 11.9. The van der Waals surface area contributed by atoms with Crippen molar-refractivity contribution in [1.82, 2.24) is 5.32 Å². The lowest BCUT2D eigenvalue weighted by Crippen LogP contribution is -2.50. The Kier molecular flexibility index (Phi) is 2.83. The number of hydrogen-bond donors (Lipinski definition) is 2. The molecule has 0 saturated heterocycles. The molecule has 0 atom stereocenters. The highest BCUT2D eigenvalue weighted by Crippen LogP contribution is 2.37. The zero-order valence-electron chi connectivity index (χ0n) is 10.0. The Balaban J connectivity index is 1.69. The minimum absolute atomic E-state index is 0.310. The molecule has 1 aliphatic heterocycles. The van der Waals surface area contributed by atoms with Crippen molar-refractivity contribution >= 4 is 18.5 Å². The highest BCUT2D eigenvalue weighted by atomic mass is 19.3. The molecule has 1 aliphatic carbocycles. The number of carbonyl (C=O) groups is 1. The van der Waals surface area contributed by atoms with E-state index in [1.165, 1.54) is 0 Å². The second kappa shape index (κ2) is 4.28. The van der Waals surface area contributed by atoms with Crippen LogP contribution in [0.4, 0.5) is 8.78 Å². The van der Waals surface area contributed by atoms with E-state index in [1.54, 1.807) is 18.2 Å². The van der Waals surface area contributed by atoms with Crippen molar-refractivity contribution < 1.29 is 23.3 Å². The van der Waals surface area contributed by atoms with Gasteiger partial charge in [0.15, 0.2) is 0 Å². The van der Waals surface area contributed by atoms with Crippen molar-refractivity contribution in [3.63, 3.8) is 0 Å². The Labute approximate surface area is 108 Å². The third-order valence-electron chi connectivity index (χ3n) is 3.50. The summed E-state index contributed by atoms with van der Waals surface area (Å²) < 4.78 is 30.4. The lowest BCUT2D eigenvalue weighted by Gasteiger charge is -2.35. The van der Waals surface area contributed by atoms with Gasteiger partial charge in [0.1, 0.15) is 0 Å². The summed E-state index contributed by atoms with van der Waals surface area (Å²) in [6, 6.07) is 4.37. The molecule has 0 aromatic heterocycles. The maximum atomic E-state index is 12.7. The molecule has 0 bridgehead atoms. The second-order valence-corrected chi connectivity index (χ2v) is 5.01. The van der Waals surface area contributed by atoms with Gasteiger partial charge in [0.05, 0.1) is 6.61 Å². The van der Waals surface area contributed by atoms with Crippen LogP contribution in [0.5, 0.6) is 0 Å². The third kappa shape index (κ3) is 2.35.